The summed E-state index contributed by atoms with van der Waals surface area (Å²) < 4.78 is 38.8. The highest BCUT2D eigenvalue weighted by molar-refractivity contribution is 4.97. The molecule has 0 radical (unpaired) electrons. The van der Waals surface area contributed by atoms with Gasteiger partial charge < -0.3 is 4.57 Å². The lowest BCUT2D eigenvalue weighted by molar-refractivity contribution is -0.141. The summed E-state index contributed by atoms with van der Waals surface area (Å²) in [5.41, 5.74) is 0. The van der Waals surface area contributed by atoms with E-state index in [-0.39, 0.29) is 0 Å². The van der Waals surface area contributed by atoms with Crippen LogP contribution in [0, 0.1) is 5.92 Å². The molecule has 1 saturated carbocycles. The Hall–Kier alpha value is -1.04. The van der Waals surface area contributed by atoms with E-state index in [1.807, 2.05) is 0 Å². The summed E-state index contributed by atoms with van der Waals surface area (Å²) in [6.07, 6.45) is 4.86. The van der Waals surface area contributed by atoms with E-state index in [0.717, 1.165) is 18.9 Å². The summed E-state index contributed by atoms with van der Waals surface area (Å²) in [6, 6.07) is 0.555. The van der Waals surface area contributed by atoms with Crippen LogP contribution in [0.3, 0.4) is 0 Å². The van der Waals surface area contributed by atoms with Gasteiger partial charge >= 0.3 is 6.18 Å². The van der Waals surface area contributed by atoms with Crippen LogP contribution in [0.5, 0.6) is 0 Å². The topological polar surface area (TPSA) is 21.1 Å². The minimum absolute atomic E-state index is 0.537. The van der Waals surface area contributed by atoms with E-state index in [2.05, 4.69) is 9.88 Å². The van der Waals surface area contributed by atoms with E-state index in [4.69, 9.17) is 0 Å². The van der Waals surface area contributed by atoms with Crippen LogP contribution in [0.4, 0.5) is 13.2 Å². The van der Waals surface area contributed by atoms with Crippen molar-refractivity contribution in [1.29, 1.82) is 0 Å². The largest absolute Gasteiger partial charge is 0.406 e. The number of hydrogen-bond acceptors (Lipinski definition) is 2. The molecule has 2 unspecified atom stereocenters. The van der Waals surface area contributed by atoms with Crippen LogP contribution in [0.15, 0.2) is 12.4 Å². The first-order valence-electron chi connectivity index (χ1n) is 7.34. The molecule has 1 aromatic heterocycles. The third-order valence-electron chi connectivity index (χ3n) is 4.60. The Kier molecular flexibility index (Phi) is 3.75. The fraction of sp³-hybridized carbons (Fsp3) is 0.786. The van der Waals surface area contributed by atoms with Crippen LogP contribution in [0.1, 0.15) is 37.9 Å². The number of halogens is 3. The van der Waals surface area contributed by atoms with E-state index in [9.17, 15) is 13.2 Å². The van der Waals surface area contributed by atoms with E-state index in [1.165, 1.54) is 42.6 Å². The van der Waals surface area contributed by atoms with Crippen molar-refractivity contribution >= 4 is 0 Å². The van der Waals surface area contributed by atoms with Crippen molar-refractivity contribution in [2.45, 2.75) is 57.4 Å². The van der Waals surface area contributed by atoms with E-state index >= 15 is 0 Å². The third-order valence-corrected chi connectivity index (χ3v) is 4.60. The van der Waals surface area contributed by atoms with Gasteiger partial charge in [0, 0.05) is 18.4 Å². The van der Waals surface area contributed by atoms with Crippen molar-refractivity contribution in [3.63, 3.8) is 0 Å². The molecule has 0 amide bonds. The average molecular weight is 287 g/mol. The summed E-state index contributed by atoms with van der Waals surface area (Å²) in [4.78, 5) is 6.47. The van der Waals surface area contributed by atoms with Gasteiger partial charge in [-0.05, 0) is 38.1 Å². The molecular weight excluding hydrogens is 267 g/mol. The van der Waals surface area contributed by atoms with Crippen molar-refractivity contribution in [2.24, 2.45) is 5.92 Å². The Bertz CT molecular complexity index is 455. The summed E-state index contributed by atoms with van der Waals surface area (Å²) >= 11 is 0. The van der Waals surface area contributed by atoms with Crippen LogP contribution in [-0.4, -0.2) is 33.2 Å². The molecule has 2 atom stereocenters. The molecule has 6 heteroatoms. The molecule has 0 aromatic carbocycles. The smallest absolute Gasteiger partial charge is 0.325 e. The minimum Gasteiger partial charge on any atom is -0.325 e. The van der Waals surface area contributed by atoms with Gasteiger partial charge in [-0.3, -0.25) is 4.90 Å². The van der Waals surface area contributed by atoms with Gasteiger partial charge in [0.25, 0.3) is 0 Å². The van der Waals surface area contributed by atoms with Crippen molar-refractivity contribution < 1.29 is 13.2 Å². The first kappa shape index (κ1) is 13.9. The predicted octanol–water partition coefficient (Wildman–Crippen LogP) is 3.21. The number of hydrogen-bond donors (Lipinski definition) is 0. The zero-order valence-electron chi connectivity index (χ0n) is 11.4. The van der Waals surface area contributed by atoms with Gasteiger partial charge in [-0.25, -0.2) is 4.98 Å². The summed E-state index contributed by atoms with van der Waals surface area (Å²) in [5, 5.41) is 0. The Labute approximate surface area is 116 Å². The Morgan fingerprint density at radius 1 is 1.20 bits per heavy atom. The third kappa shape index (κ3) is 3.00. The molecule has 112 valence electrons. The predicted molar refractivity (Wildman–Crippen MR) is 69.1 cm³/mol. The summed E-state index contributed by atoms with van der Waals surface area (Å²) in [6.45, 7) is 0.592. The van der Waals surface area contributed by atoms with Crippen molar-refractivity contribution in [1.82, 2.24) is 14.5 Å². The fourth-order valence-corrected chi connectivity index (χ4v) is 3.76. The highest BCUT2D eigenvalue weighted by Gasteiger charge is 2.36. The van der Waals surface area contributed by atoms with Crippen LogP contribution < -0.4 is 0 Å². The quantitative estimate of drug-likeness (QED) is 0.851. The fourth-order valence-electron chi connectivity index (χ4n) is 3.76. The number of fused-ring (bicyclic) bond motifs is 1. The summed E-state index contributed by atoms with van der Waals surface area (Å²) in [7, 11) is 0. The molecule has 2 fully saturated rings. The number of likely N-dealkylation sites (tertiary alicyclic amines) is 1. The van der Waals surface area contributed by atoms with Crippen LogP contribution in [-0.2, 0) is 13.1 Å². The van der Waals surface area contributed by atoms with E-state index in [1.54, 1.807) is 0 Å². The molecule has 2 heterocycles. The Morgan fingerprint density at radius 3 is 2.80 bits per heavy atom. The molecule has 3 nitrogen and oxygen atoms in total. The molecule has 20 heavy (non-hydrogen) atoms. The molecule has 1 aromatic rings. The highest BCUT2D eigenvalue weighted by Crippen LogP contribution is 2.37. The molecule has 1 aliphatic carbocycles. The second kappa shape index (κ2) is 5.39. The standard InChI is InChI=1S/C14H20F3N3/c15-14(16,17)10-20-8-6-18-13(20)9-19-7-2-4-11-3-1-5-12(11)19/h6,8,11-12H,1-5,7,9-10H2. The maximum absolute atomic E-state index is 12.5. The molecule has 0 N–H and O–H groups in total. The lowest BCUT2D eigenvalue weighted by Gasteiger charge is -2.37. The van der Waals surface area contributed by atoms with Gasteiger partial charge in [0.05, 0.1) is 6.54 Å². The van der Waals surface area contributed by atoms with E-state index < -0.39 is 12.7 Å². The Morgan fingerprint density at radius 2 is 2.00 bits per heavy atom. The summed E-state index contributed by atoms with van der Waals surface area (Å²) in [5.74, 6) is 1.28. The molecule has 3 rings (SSSR count). The molecule has 0 bridgehead atoms. The first-order valence-corrected chi connectivity index (χ1v) is 7.34. The zero-order chi connectivity index (χ0) is 14.2. The zero-order valence-corrected chi connectivity index (χ0v) is 11.4. The van der Waals surface area contributed by atoms with Crippen molar-refractivity contribution in [3.8, 4) is 0 Å². The second-order valence-corrected chi connectivity index (χ2v) is 5.96. The van der Waals surface area contributed by atoms with Gasteiger partial charge in [0.15, 0.2) is 0 Å². The molecule has 2 aliphatic rings. The molecular formula is C14H20F3N3. The maximum atomic E-state index is 12.5. The number of imidazole rings is 1. The average Bonchev–Trinajstić information content (AvgIpc) is 2.97. The minimum atomic E-state index is -4.19. The van der Waals surface area contributed by atoms with Crippen LogP contribution >= 0.6 is 0 Å². The number of alkyl halides is 3. The molecule has 1 aliphatic heterocycles. The highest BCUT2D eigenvalue weighted by atomic mass is 19.4. The van der Waals surface area contributed by atoms with Gasteiger partial charge in [0.2, 0.25) is 0 Å². The van der Waals surface area contributed by atoms with Crippen molar-refractivity contribution in [3.05, 3.63) is 18.2 Å². The normalized spacial score (nSPS) is 27.8. The van der Waals surface area contributed by atoms with Gasteiger partial charge in [0.1, 0.15) is 12.4 Å². The van der Waals surface area contributed by atoms with Gasteiger partial charge in [-0.2, -0.15) is 13.2 Å². The lowest BCUT2D eigenvalue weighted by atomic mass is 9.92. The van der Waals surface area contributed by atoms with Crippen LogP contribution in [0.25, 0.3) is 0 Å². The molecule has 0 spiro atoms. The number of rotatable bonds is 3. The molecule has 1 saturated heterocycles. The SMILES string of the molecule is FC(F)(F)Cn1ccnc1CN1CCCC2CCCC21. The number of nitrogens with zero attached hydrogens (tertiary/aromatic N) is 3. The Balaban J connectivity index is 1.70. The van der Waals surface area contributed by atoms with Gasteiger partial charge in [-0.15, -0.1) is 0 Å². The van der Waals surface area contributed by atoms with Crippen LogP contribution in [0.2, 0.25) is 0 Å². The lowest BCUT2D eigenvalue weighted by Crippen LogP contribution is -2.42. The maximum Gasteiger partial charge on any atom is 0.406 e. The number of aromatic nitrogens is 2. The monoisotopic (exact) mass is 287 g/mol. The number of piperidine rings is 1. The van der Waals surface area contributed by atoms with Crippen molar-refractivity contribution in [2.75, 3.05) is 6.54 Å². The second-order valence-electron chi connectivity index (χ2n) is 5.96. The van der Waals surface area contributed by atoms with E-state index in [0.29, 0.717) is 18.4 Å². The first-order chi connectivity index (χ1) is 9.53. The van der Waals surface area contributed by atoms with Gasteiger partial charge in [-0.1, -0.05) is 6.42 Å².